The Kier molecular flexibility index (Phi) is 5.16. The average molecular weight is 359 g/mol. The summed E-state index contributed by atoms with van der Waals surface area (Å²) in [6.45, 7) is 5.79. The largest absolute Gasteiger partial charge is 0.352 e. The van der Waals surface area contributed by atoms with E-state index in [1.807, 2.05) is 37.3 Å². The molecule has 0 atom stereocenters. The second-order valence-corrected chi connectivity index (χ2v) is 7.26. The standard InChI is InChI=1S/C23H25N3O/c1-17-7-8-19-15-20(9-10-22(19)25-17)23(27)24-12-4-13-26-14-11-18-5-2-3-6-21(18)16-26/h2-3,5-10,15H,4,11-14,16H2,1H3,(H,24,27). The van der Waals surface area contributed by atoms with Crippen LogP contribution >= 0.6 is 0 Å². The third-order valence-corrected chi connectivity index (χ3v) is 5.24. The highest BCUT2D eigenvalue weighted by atomic mass is 16.1. The molecule has 2 aromatic carbocycles. The molecule has 0 radical (unpaired) electrons. The molecule has 4 nitrogen and oxygen atoms in total. The number of carbonyl (C=O) groups is 1. The number of nitrogens with zero attached hydrogens (tertiary/aromatic N) is 2. The number of hydrogen-bond donors (Lipinski definition) is 1. The van der Waals surface area contributed by atoms with Gasteiger partial charge in [0, 0.05) is 42.8 Å². The second-order valence-electron chi connectivity index (χ2n) is 7.26. The van der Waals surface area contributed by atoms with E-state index in [2.05, 4.69) is 39.5 Å². The monoisotopic (exact) mass is 359 g/mol. The quantitative estimate of drug-likeness (QED) is 0.706. The van der Waals surface area contributed by atoms with E-state index in [9.17, 15) is 4.79 Å². The van der Waals surface area contributed by atoms with Crippen LogP contribution in [0.5, 0.6) is 0 Å². The molecule has 0 aliphatic carbocycles. The maximum Gasteiger partial charge on any atom is 0.251 e. The normalized spacial score (nSPS) is 14.1. The molecule has 138 valence electrons. The number of benzene rings is 2. The number of carbonyl (C=O) groups excluding carboxylic acids is 1. The van der Waals surface area contributed by atoms with Crippen molar-refractivity contribution in [2.24, 2.45) is 0 Å². The van der Waals surface area contributed by atoms with Crippen LogP contribution in [0.25, 0.3) is 10.9 Å². The highest BCUT2D eigenvalue weighted by Gasteiger charge is 2.15. The Morgan fingerprint density at radius 2 is 1.96 bits per heavy atom. The molecule has 3 aromatic rings. The fourth-order valence-electron chi connectivity index (χ4n) is 3.72. The summed E-state index contributed by atoms with van der Waals surface area (Å²) >= 11 is 0. The van der Waals surface area contributed by atoms with Gasteiger partial charge in [0.25, 0.3) is 5.91 Å². The van der Waals surface area contributed by atoms with E-state index in [1.54, 1.807) is 0 Å². The molecule has 4 rings (SSSR count). The first-order chi connectivity index (χ1) is 13.2. The number of hydrogen-bond acceptors (Lipinski definition) is 3. The summed E-state index contributed by atoms with van der Waals surface area (Å²) < 4.78 is 0. The molecule has 1 aromatic heterocycles. The van der Waals surface area contributed by atoms with Gasteiger partial charge in [-0.2, -0.15) is 0 Å². The molecule has 0 fully saturated rings. The molecule has 0 saturated heterocycles. The van der Waals surface area contributed by atoms with E-state index in [-0.39, 0.29) is 5.91 Å². The molecule has 1 N–H and O–H groups in total. The third-order valence-electron chi connectivity index (χ3n) is 5.24. The molecular weight excluding hydrogens is 334 g/mol. The van der Waals surface area contributed by atoms with E-state index in [1.165, 1.54) is 11.1 Å². The van der Waals surface area contributed by atoms with Crippen molar-refractivity contribution in [1.82, 2.24) is 15.2 Å². The number of pyridine rings is 1. The van der Waals surface area contributed by atoms with Crippen LogP contribution in [0.1, 0.15) is 33.6 Å². The number of fused-ring (bicyclic) bond motifs is 2. The lowest BCUT2D eigenvalue weighted by Crippen LogP contribution is -2.33. The smallest absolute Gasteiger partial charge is 0.251 e. The zero-order valence-corrected chi connectivity index (χ0v) is 15.7. The van der Waals surface area contributed by atoms with Gasteiger partial charge >= 0.3 is 0 Å². The Morgan fingerprint density at radius 1 is 1.11 bits per heavy atom. The zero-order chi connectivity index (χ0) is 18.6. The average Bonchev–Trinajstić information content (AvgIpc) is 2.70. The van der Waals surface area contributed by atoms with Crippen LogP contribution in [0.4, 0.5) is 0 Å². The van der Waals surface area contributed by atoms with Gasteiger partial charge in [-0.05, 0) is 55.2 Å². The molecule has 1 aliphatic heterocycles. The summed E-state index contributed by atoms with van der Waals surface area (Å²) in [6.07, 6.45) is 2.08. The Bertz CT molecular complexity index is 967. The zero-order valence-electron chi connectivity index (χ0n) is 15.7. The maximum absolute atomic E-state index is 12.4. The minimum absolute atomic E-state index is 0.0125. The topological polar surface area (TPSA) is 45.2 Å². The molecule has 1 amide bonds. The van der Waals surface area contributed by atoms with Crippen LogP contribution in [0.2, 0.25) is 0 Å². The number of aromatic nitrogens is 1. The maximum atomic E-state index is 12.4. The van der Waals surface area contributed by atoms with Crippen molar-refractivity contribution in [2.45, 2.75) is 26.3 Å². The van der Waals surface area contributed by atoms with Gasteiger partial charge in [-0.25, -0.2) is 0 Å². The van der Waals surface area contributed by atoms with Crippen molar-refractivity contribution in [3.63, 3.8) is 0 Å². The van der Waals surface area contributed by atoms with Gasteiger partial charge in [-0.3, -0.25) is 14.7 Å². The summed E-state index contributed by atoms with van der Waals surface area (Å²) in [5.41, 5.74) is 5.52. The molecule has 27 heavy (non-hydrogen) atoms. The van der Waals surface area contributed by atoms with Crippen LogP contribution in [-0.2, 0) is 13.0 Å². The predicted octanol–water partition coefficient (Wildman–Crippen LogP) is 3.72. The van der Waals surface area contributed by atoms with Crippen LogP contribution in [-0.4, -0.2) is 35.4 Å². The van der Waals surface area contributed by atoms with Gasteiger partial charge in [0.2, 0.25) is 0 Å². The molecule has 4 heteroatoms. The van der Waals surface area contributed by atoms with Gasteiger partial charge in [-0.15, -0.1) is 0 Å². The van der Waals surface area contributed by atoms with Crippen molar-refractivity contribution >= 4 is 16.8 Å². The number of nitrogens with one attached hydrogen (secondary N) is 1. The van der Waals surface area contributed by atoms with E-state index in [0.717, 1.165) is 49.1 Å². The SMILES string of the molecule is Cc1ccc2cc(C(=O)NCCCN3CCc4ccccc4C3)ccc2n1. The number of aryl methyl sites for hydroxylation is 1. The summed E-state index contributed by atoms with van der Waals surface area (Å²) in [5, 5.41) is 4.05. The van der Waals surface area contributed by atoms with Crippen LogP contribution in [0, 0.1) is 6.92 Å². The molecule has 2 heterocycles. The summed E-state index contributed by atoms with van der Waals surface area (Å²) in [7, 11) is 0. The first kappa shape index (κ1) is 17.7. The lowest BCUT2D eigenvalue weighted by molar-refractivity contribution is 0.0951. The van der Waals surface area contributed by atoms with Crippen molar-refractivity contribution in [3.8, 4) is 0 Å². The Labute approximate surface area is 160 Å². The van der Waals surface area contributed by atoms with Gasteiger partial charge in [0.15, 0.2) is 0 Å². The fraction of sp³-hybridized carbons (Fsp3) is 0.304. The fourth-order valence-corrected chi connectivity index (χ4v) is 3.72. The first-order valence-corrected chi connectivity index (χ1v) is 9.64. The summed E-state index contributed by atoms with van der Waals surface area (Å²) in [6, 6.07) is 18.4. The first-order valence-electron chi connectivity index (χ1n) is 9.64. The molecule has 0 unspecified atom stereocenters. The molecule has 0 saturated carbocycles. The van der Waals surface area contributed by atoms with E-state index < -0.39 is 0 Å². The lowest BCUT2D eigenvalue weighted by Gasteiger charge is -2.28. The Balaban J connectivity index is 1.27. The van der Waals surface area contributed by atoms with Crippen molar-refractivity contribution in [2.75, 3.05) is 19.6 Å². The van der Waals surface area contributed by atoms with Crippen molar-refractivity contribution in [3.05, 3.63) is 77.0 Å². The highest BCUT2D eigenvalue weighted by Crippen LogP contribution is 2.18. The van der Waals surface area contributed by atoms with Gasteiger partial charge in [-0.1, -0.05) is 30.3 Å². The van der Waals surface area contributed by atoms with E-state index in [4.69, 9.17) is 0 Å². The van der Waals surface area contributed by atoms with E-state index in [0.29, 0.717) is 12.1 Å². The molecule has 0 bridgehead atoms. The van der Waals surface area contributed by atoms with Crippen molar-refractivity contribution < 1.29 is 4.79 Å². The van der Waals surface area contributed by atoms with Crippen LogP contribution in [0.3, 0.4) is 0 Å². The van der Waals surface area contributed by atoms with Gasteiger partial charge in [0.1, 0.15) is 0 Å². The van der Waals surface area contributed by atoms with Crippen LogP contribution in [0.15, 0.2) is 54.6 Å². The van der Waals surface area contributed by atoms with Crippen molar-refractivity contribution in [1.29, 1.82) is 0 Å². The minimum Gasteiger partial charge on any atom is -0.352 e. The minimum atomic E-state index is -0.0125. The molecular formula is C23H25N3O. The number of amides is 1. The second kappa shape index (κ2) is 7.89. The predicted molar refractivity (Wildman–Crippen MR) is 109 cm³/mol. The van der Waals surface area contributed by atoms with Gasteiger partial charge in [0.05, 0.1) is 5.52 Å². The summed E-state index contributed by atoms with van der Waals surface area (Å²) in [5.74, 6) is -0.0125. The van der Waals surface area contributed by atoms with Crippen LogP contribution < -0.4 is 5.32 Å². The van der Waals surface area contributed by atoms with Gasteiger partial charge < -0.3 is 5.32 Å². The number of rotatable bonds is 5. The third kappa shape index (κ3) is 4.17. The Hall–Kier alpha value is -2.72. The summed E-state index contributed by atoms with van der Waals surface area (Å²) in [4.78, 5) is 19.4. The highest BCUT2D eigenvalue weighted by molar-refractivity contribution is 5.97. The lowest BCUT2D eigenvalue weighted by atomic mass is 10.00. The van der Waals surface area contributed by atoms with E-state index >= 15 is 0 Å². The molecule has 0 spiro atoms. The molecule has 1 aliphatic rings. The Morgan fingerprint density at radius 3 is 2.85 bits per heavy atom.